The topological polar surface area (TPSA) is 54.9 Å². The fourth-order valence-corrected chi connectivity index (χ4v) is 3.90. The molecule has 1 aromatic heterocycles. The Hall–Kier alpha value is -1.89. The molecule has 1 heterocycles. The number of halogens is 1. The van der Waals surface area contributed by atoms with Crippen LogP contribution in [0.3, 0.4) is 0 Å². The summed E-state index contributed by atoms with van der Waals surface area (Å²) < 4.78 is 0. The standard InChI is InChI=1S/C18H16ClN3OS2/c19-14-8-6-13(7-9-14)12-17-21-22-18(25-17)20-16(23)10-11-24-15-4-2-1-3-5-15/h1-9H,10-12H2,(H,20,22,23). The Morgan fingerprint density at radius 3 is 2.60 bits per heavy atom. The van der Waals surface area contributed by atoms with E-state index in [9.17, 15) is 4.79 Å². The second kappa shape index (κ2) is 8.99. The Balaban J connectivity index is 1.45. The van der Waals surface area contributed by atoms with Gasteiger partial charge in [0.2, 0.25) is 11.0 Å². The van der Waals surface area contributed by atoms with Gasteiger partial charge in [-0.25, -0.2) is 0 Å². The summed E-state index contributed by atoms with van der Waals surface area (Å²) >= 11 is 8.94. The molecule has 1 amide bonds. The molecule has 4 nitrogen and oxygen atoms in total. The van der Waals surface area contributed by atoms with Crippen molar-refractivity contribution < 1.29 is 4.79 Å². The van der Waals surface area contributed by atoms with Gasteiger partial charge in [0.1, 0.15) is 5.01 Å². The first kappa shape index (κ1) is 17.9. The summed E-state index contributed by atoms with van der Waals surface area (Å²) in [6, 6.07) is 17.7. The molecular formula is C18H16ClN3OS2. The molecule has 3 aromatic rings. The highest BCUT2D eigenvalue weighted by Gasteiger charge is 2.09. The summed E-state index contributed by atoms with van der Waals surface area (Å²) in [5, 5.41) is 13.1. The molecule has 25 heavy (non-hydrogen) atoms. The molecule has 0 aliphatic rings. The number of rotatable bonds is 7. The Morgan fingerprint density at radius 2 is 1.84 bits per heavy atom. The predicted octanol–water partition coefficient (Wildman–Crippen LogP) is 4.90. The van der Waals surface area contributed by atoms with Gasteiger partial charge >= 0.3 is 0 Å². The fourth-order valence-electron chi connectivity index (χ4n) is 2.11. The lowest BCUT2D eigenvalue weighted by atomic mass is 10.2. The lowest BCUT2D eigenvalue weighted by Crippen LogP contribution is -2.11. The molecule has 3 rings (SSSR count). The van der Waals surface area contributed by atoms with Crippen molar-refractivity contribution in [3.63, 3.8) is 0 Å². The van der Waals surface area contributed by atoms with Crippen LogP contribution in [-0.2, 0) is 11.2 Å². The van der Waals surface area contributed by atoms with E-state index in [2.05, 4.69) is 15.5 Å². The first-order valence-electron chi connectivity index (χ1n) is 7.73. The number of amides is 1. The number of hydrogen-bond acceptors (Lipinski definition) is 5. The molecule has 7 heteroatoms. The van der Waals surface area contributed by atoms with Crippen molar-refractivity contribution in [1.82, 2.24) is 10.2 Å². The second-order valence-corrected chi connectivity index (χ2v) is 7.93. The van der Waals surface area contributed by atoms with E-state index in [4.69, 9.17) is 11.6 Å². The molecule has 0 saturated heterocycles. The second-order valence-electron chi connectivity index (χ2n) is 5.26. The van der Waals surface area contributed by atoms with Gasteiger partial charge in [-0.05, 0) is 29.8 Å². The van der Waals surface area contributed by atoms with Crippen LogP contribution in [0.2, 0.25) is 5.02 Å². The first-order valence-corrected chi connectivity index (χ1v) is 9.91. The van der Waals surface area contributed by atoms with E-state index in [0.717, 1.165) is 21.2 Å². The summed E-state index contributed by atoms with van der Waals surface area (Å²) in [6.07, 6.45) is 1.11. The number of carbonyl (C=O) groups is 1. The number of hydrogen-bond donors (Lipinski definition) is 1. The average molecular weight is 390 g/mol. The molecule has 0 aliphatic heterocycles. The summed E-state index contributed by atoms with van der Waals surface area (Å²) in [4.78, 5) is 13.2. The highest BCUT2D eigenvalue weighted by Crippen LogP contribution is 2.21. The van der Waals surface area contributed by atoms with Crippen LogP contribution in [0.15, 0.2) is 59.5 Å². The molecule has 0 unspecified atom stereocenters. The van der Waals surface area contributed by atoms with E-state index in [1.165, 1.54) is 11.3 Å². The highest BCUT2D eigenvalue weighted by molar-refractivity contribution is 7.99. The Labute approximate surface area is 159 Å². The van der Waals surface area contributed by atoms with Crippen LogP contribution < -0.4 is 5.32 Å². The molecule has 0 aliphatic carbocycles. The SMILES string of the molecule is O=C(CCSc1ccccc1)Nc1nnc(Cc2ccc(Cl)cc2)s1. The number of nitrogens with zero attached hydrogens (tertiary/aromatic N) is 2. The van der Waals surface area contributed by atoms with Gasteiger partial charge in [-0.1, -0.05) is 53.3 Å². The largest absolute Gasteiger partial charge is 0.301 e. The van der Waals surface area contributed by atoms with Crippen molar-refractivity contribution in [2.45, 2.75) is 17.7 Å². The van der Waals surface area contributed by atoms with Gasteiger partial charge in [0.05, 0.1) is 0 Å². The molecular weight excluding hydrogens is 374 g/mol. The molecule has 2 aromatic carbocycles. The normalized spacial score (nSPS) is 10.6. The van der Waals surface area contributed by atoms with E-state index in [-0.39, 0.29) is 5.91 Å². The third-order valence-corrected chi connectivity index (χ3v) is 5.43. The number of benzene rings is 2. The van der Waals surface area contributed by atoms with Gasteiger partial charge in [-0.3, -0.25) is 4.79 Å². The van der Waals surface area contributed by atoms with E-state index in [1.807, 2.05) is 54.6 Å². The van der Waals surface area contributed by atoms with Crippen LogP contribution in [0.25, 0.3) is 0 Å². The Morgan fingerprint density at radius 1 is 1.08 bits per heavy atom. The molecule has 0 bridgehead atoms. The number of nitrogens with one attached hydrogen (secondary N) is 1. The lowest BCUT2D eigenvalue weighted by Gasteiger charge is -2.01. The van der Waals surface area contributed by atoms with Crippen molar-refractivity contribution in [1.29, 1.82) is 0 Å². The number of carbonyl (C=O) groups excluding carboxylic acids is 1. The third-order valence-electron chi connectivity index (χ3n) is 3.32. The minimum Gasteiger partial charge on any atom is -0.301 e. The maximum atomic E-state index is 12.0. The van der Waals surface area contributed by atoms with E-state index in [1.54, 1.807) is 11.8 Å². The van der Waals surface area contributed by atoms with Gasteiger partial charge in [-0.15, -0.1) is 22.0 Å². The minimum atomic E-state index is -0.0439. The third kappa shape index (κ3) is 5.85. The summed E-state index contributed by atoms with van der Waals surface area (Å²) in [5.74, 6) is 0.685. The maximum Gasteiger partial charge on any atom is 0.227 e. The Kier molecular flexibility index (Phi) is 6.44. The van der Waals surface area contributed by atoms with Gasteiger partial charge in [0.15, 0.2) is 0 Å². The first-order chi connectivity index (χ1) is 12.2. The zero-order valence-corrected chi connectivity index (χ0v) is 15.7. The van der Waals surface area contributed by atoms with Crippen molar-refractivity contribution in [2.75, 3.05) is 11.1 Å². The maximum absolute atomic E-state index is 12.0. The van der Waals surface area contributed by atoms with Crippen LogP contribution in [-0.4, -0.2) is 21.9 Å². The lowest BCUT2D eigenvalue weighted by molar-refractivity contribution is -0.115. The van der Waals surface area contributed by atoms with Gasteiger partial charge < -0.3 is 5.32 Å². The van der Waals surface area contributed by atoms with E-state index >= 15 is 0 Å². The van der Waals surface area contributed by atoms with E-state index in [0.29, 0.717) is 23.0 Å². The molecule has 0 saturated carbocycles. The van der Waals surface area contributed by atoms with Crippen molar-refractivity contribution >= 4 is 45.7 Å². The van der Waals surface area contributed by atoms with Crippen LogP contribution in [0.4, 0.5) is 5.13 Å². The van der Waals surface area contributed by atoms with Crippen LogP contribution >= 0.6 is 34.7 Å². The summed E-state index contributed by atoms with van der Waals surface area (Å²) in [5.41, 5.74) is 1.11. The zero-order chi connectivity index (χ0) is 17.5. The quantitative estimate of drug-likeness (QED) is 0.583. The average Bonchev–Trinajstić information content (AvgIpc) is 3.05. The Bertz CT molecular complexity index is 822. The zero-order valence-electron chi connectivity index (χ0n) is 13.3. The highest BCUT2D eigenvalue weighted by atomic mass is 35.5. The molecule has 0 spiro atoms. The van der Waals surface area contributed by atoms with Crippen molar-refractivity contribution in [2.24, 2.45) is 0 Å². The molecule has 128 valence electrons. The van der Waals surface area contributed by atoms with Gasteiger partial charge in [0.25, 0.3) is 0 Å². The summed E-state index contributed by atoms with van der Waals surface area (Å²) in [7, 11) is 0. The number of thioether (sulfide) groups is 1. The molecule has 0 fully saturated rings. The van der Waals surface area contributed by atoms with Crippen LogP contribution in [0.5, 0.6) is 0 Å². The van der Waals surface area contributed by atoms with Crippen LogP contribution in [0.1, 0.15) is 17.0 Å². The summed E-state index contributed by atoms with van der Waals surface area (Å²) in [6.45, 7) is 0. The number of anilines is 1. The van der Waals surface area contributed by atoms with E-state index < -0.39 is 0 Å². The van der Waals surface area contributed by atoms with Gasteiger partial charge in [-0.2, -0.15) is 0 Å². The smallest absolute Gasteiger partial charge is 0.227 e. The van der Waals surface area contributed by atoms with Crippen molar-refractivity contribution in [3.8, 4) is 0 Å². The van der Waals surface area contributed by atoms with Crippen molar-refractivity contribution in [3.05, 3.63) is 70.2 Å². The monoisotopic (exact) mass is 389 g/mol. The van der Waals surface area contributed by atoms with Gasteiger partial charge in [0, 0.05) is 28.5 Å². The predicted molar refractivity (Wildman–Crippen MR) is 105 cm³/mol. The molecule has 1 N–H and O–H groups in total. The number of aromatic nitrogens is 2. The fraction of sp³-hybridized carbons (Fsp3) is 0.167. The van der Waals surface area contributed by atoms with Crippen LogP contribution in [0, 0.1) is 0 Å². The molecule has 0 atom stereocenters. The minimum absolute atomic E-state index is 0.0439. The molecule has 0 radical (unpaired) electrons.